The molecular formula is C24H23BNO6. The predicted octanol–water partition coefficient (Wildman–Crippen LogP) is 2.56. The summed E-state index contributed by atoms with van der Waals surface area (Å²) < 4.78 is 16.5. The second-order valence-corrected chi connectivity index (χ2v) is 6.83. The number of benzene rings is 3. The van der Waals surface area contributed by atoms with E-state index in [1.165, 1.54) is 7.48 Å². The molecule has 3 aromatic rings. The monoisotopic (exact) mass is 432 g/mol. The van der Waals surface area contributed by atoms with Gasteiger partial charge in [-0.25, -0.2) is 0 Å². The van der Waals surface area contributed by atoms with E-state index in [0.29, 0.717) is 17.8 Å². The van der Waals surface area contributed by atoms with Crippen molar-refractivity contribution >= 4 is 24.9 Å². The van der Waals surface area contributed by atoms with Gasteiger partial charge in [0.15, 0.2) is 0 Å². The van der Waals surface area contributed by atoms with Crippen LogP contribution in [0.15, 0.2) is 78.9 Å². The zero-order valence-electron chi connectivity index (χ0n) is 17.4. The molecule has 0 aliphatic heterocycles. The fourth-order valence-corrected chi connectivity index (χ4v) is 2.73. The number of carboxylic acid groups (broad SMARTS) is 1. The second kappa shape index (κ2) is 12.2. The molecule has 32 heavy (non-hydrogen) atoms. The predicted molar refractivity (Wildman–Crippen MR) is 121 cm³/mol. The van der Waals surface area contributed by atoms with Crippen molar-refractivity contribution in [3.8, 4) is 17.2 Å². The van der Waals surface area contributed by atoms with Crippen LogP contribution in [0.2, 0.25) is 0 Å². The van der Waals surface area contributed by atoms with E-state index in [1.54, 1.807) is 24.3 Å². The molecule has 0 atom stereocenters. The molecule has 0 heterocycles. The molecule has 0 bridgehead atoms. The average molecular weight is 432 g/mol. The minimum atomic E-state index is -1.04. The first-order valence-corrected chi connectivity index (χ1v) is 10.1. The maximum atomic E-state index is 11.5. The van der Waals surface area contributed by atoms with Gasteiger partial charge in [-0.15, -0.1) is 0 Å². The first-order chi connectivity index (χ1) is 15.6. The highest BCUT2D eigenvalue weighted by molar-refractivity contribution is 6.48. The summed E-state index contributed by atoms with van der Waals surface area (Å²) in [7, 11) is 1.31. The Morgan fingerprint density at radius 3 is 2.16 bits per heavy atom. The lowest BCUT2D eigenvalue weighted by atomic mass is 9.88. The Kier molecular flexibility index (Phi) is 8.71. The number of ether oxygens (including phenoxy) is 2. The van der Waals surface area contributed by atoms with E-state index >= 15 is 0 Å². The molecule has 0 aromatic heterocycles. The van der Waals surface area contributed by atoms with Crippen LogP contribution in [0.5, 0.6) is 17.2 Å². The lowest BCUT2D eigenvalue weighted by Gasteiger charge is -2.09. The molecule has 0 aliphatic rings. The van der Waals surface area contributed by atoms with Crippen LogP contribution in [-0.4, -0.2) is 44.2 Å². The maximum absolute atomic E-state index is 11.5. The molecule has 0 amide bonds. The highest BCUT2D eigenvalue weighted by atomic mass is 16.5. The third-order valence-electron chi connectivity index (χ3n) is 4.31. The van der Waals surface area contributed by atoms with E-state index in [2.05, 4.69) is 5.32 Å². The highest BCUT2D eigenvalue weighted by Gasteiger charge is 2.07. The number of carboxylic acids is 1. The number of carbonyl (C=O) groups is 2. The third-order valence-corrected chi connectivity index (χ3v) is 4.31. The summed E-state index contributed by atoms with van der Waals surface area (Å²) in [6, 6.07) is 24.6. The topological polar surface area (TPSA) is 94.1 Å². The molecule has 0 spiro atoms. The van der Waals surface area contributed by atoms with Crippen LogP contribution in [0, 0.1) is 0 Å². The molecule has 3 rings (SSSR count). The first kappa shape index (κ1) is 22.9. The Hall–Kier alpha value is -3.78. The number of para-hydroxylation sites is 1. The Labute approximate surface area is 187 Å². The standard InChI is InChI=1S/C24H23BNO6/c27-23(28)16-26-17-24(29)32-25-19-8-12-20(13-9-19)30-15-14-18-6-10-22(11-7-18)31-21-4-2-1-3-5-21/h1-13,26H,14-17H2,(H,27,28). The summed E-state index contributed by atoms with van der Waals surface area (Å²) in [5.74, 6) is 0.693. The highest BCUT2D eigenvalue weighted by Crippen LogP contribution is 2.21. The van der Waals surface area contributed by atoms with Crippen molar-refractivity contribution in [1.29, 1.82) is 0 Å². The Bertz CT molecular complexity index is 993. The van der Waals surface area contributed by atoms with Crippen molar-refractivity contribution in [2.75, 3.05) is 19.7 Å². The van der Waals surface area contributed by atoms with Crippen molar-refractivity contribution in [2.45, 2.75) is 6.42 Å². The average Bonchev–Trinajstić information content (AvgIpc) is 2.80. The van der Waals surface area contributed by atoms with Crippen molar-refractivity contribution in [3.63, 3.8) is 0 Å². The smallest absolute Gasteiger partial charge is 0.412 e. The van der Waals surface area contributed by atoms with Gasteiger partial charge in [-0.1, -0.05) is 42.5 Å². The number of rotatable bonds is 12. The lowest BCUT2D eigenvalue weighted by molar-refractivity contribution is -0.136. The molecule has 0 saturated carbocycles. The molecule has 0 saturated heterocycles. The SMILES string of the molecule is O=C(O)CNCC(=O)O[B]c1ccc(OCCc2ccc(Oc3ccccc3)cc2)cc1. The summed E-state index contributed by atoms with van der Waals surface area (Å²) in [6.07, 6.45) is 0.750. The fourth-order valence-electron chi connectivity index (χ4n) is 2.73. The number of carbonyl (C=O) groups excluding carboxylic acids is 1. The largest absolute Gasteiger partial charge is 0.532 e. The Morgan fingerprint density at radius 1 is 0.812 bits per heavy atom. The maximum Gasteiger partial charge on any atom is 0.412 e. The molecule has 0 fully saturated rings. The van der Waals surface area contributed by atoms with Crippen molar-refractivity contribution in [2.24, 2.45) is 0 Å². The van der Waals surface area contributed by atoms with Gasteiger partial charge in [0.1, 0.15) is 17.2 Å². The zero-order chi connectivity index (χ0) is 22.6. The van der Waals surface area contributed by atoms with Gasteiger partial charge in [0, 0.05) is 6.42 Å². The number of aliphatic carboxylic acids is 1. The van der Waals surface area contributed by atoms with Gasteiger partial charge in [-0.2, -0.15) is 0 Å². The van der Waals surface area contributed by atoms with Gasteiger partial charge < -0.3 is 19.2 Å². The molecule has 163 valence electrons. The second-order valence-electron chi connectivity index (χ2n) is 6.83. The molecule has 1 radical (unpaired) electrons. The van der Waals surface area contributed by atoms with E-state index in [9.17, 15) is 9.59 Å². The molecule has 2 N–H and O–H groups in total. The minimum Gasteiger partial charge on any atom is -0.532 e. The zero-order valence-corrected chi connectivity index (χ0v) is 17.4. The molecule has 0 aliphatic carbocycles. The quantitative estimate of drug-likeness (QED) is 0.425. The van der Waals surface area contributed by atoms with Gasteiger partial charge in [0.05, 0.1) is 19.7 Å². The van der Waals surface area contributed by atoms with E-state index in [0.717, 1.165) is 23.5 Å². The van der Waals surface area contributed by atoms with Crippen LogP contribution < -0.4 is 20.3 Å². The summed E-state index contributed by atoms with van der Waals surface area (Å²) in [4.78, 5) is 21.9. The van der Waals surface area contributed by atoms with Crippen molar-refractivity contribution < 1.29 is 28.8 Å². The summed E-state index contributed by atoms with van der Waals surface area (Å²) in [5, 5.41) is 11.0. The van der Waals surface area contributed by atoms with E-state index < -0.39 is 11.9 Å². The first-order valence-electron chi connectivity index (χ1n) is 10.1. The van der Waals surface area contributed by atoms with Crippen molar-refractivity contribution in [3.05, 3.63) is 84.4 Å². The number of hydrogen-bond acceptors (Lipinski definition) is 6. The molecule has 8 heteroatoms. The van der Waals surface area contributed by atoms with Crippen LogP contribution >= 0.6 is 0 Å². The van der Waals surface area contributed by atoms with Gasteiger partial charge in [-0.3, -0.25) is 14.9 Å². The minimum absolute atomic E-state index is 0.177. The fraction of sp³-hybridized carbons (Fsp3) is 0.167. The molecule has 7 nitrogen and oxygen atoms in total. The summed E-state index contributed by atoms with van der Waals surface area (Å²) in [6.45, 7) is 0.0439. The van der Waals surface area contributed by atoms with Crippen LogP contribution in [-0.2, 0) is 20.7 Å². The number of hydrogen-bond donors (Lipinski definition) is 2. The van der Waals surface area contributed by atoms with Gasteiger partial charge in [-0.05, 0) is 47.4 Å². The third kappa shape index (κ3) is 8.16. The van der Waals surface area contributed by atoms with E-state index in [4.69, 9.17) is 19.2 Å². The van der Waals surface area contributed by atoms with Gasteiger partial charge >= 0.3 is 19.4 Å². The summed E-state index contributed by atoms with van der Waals surface area (Å²) >= 11 is 0. The van der Waals surface area contributed by atoms with Crippen LogP contribution in [0.1, 0.15) is 5.56 Å². The van der Waals surface area contributed by atoms with Crippen LogP contribution in [0.25, 0.3) is 0 Å². The Morgan fingerprint density at radius 2 is 1.47 bits per heavy atom. The normalized spacial score (nSPS) is 10.2. The summed E-state index contributed by atoms with van der Waals surface area (Å²) in [5.41, 5.74) is 1.83. The van der Waals surface area contributed by atoms with Crippen molar-refractivity contribution in [1.82, 2.24) is 5.32 Å². The van der Waals surface area contributed by atoms with Crippen LogP contribution in [0.3, 0.4) is 0 Å². The lowest BCUT2D eigenvalue weighted by Crippen LogP contribution is -2.32. The molecule has 0 unspecified atom stereocenters. The van der Waals surface area contributed by atoms with Gasteiger partial charge in [0.2, 0.25) is 0 Å². The number of nitrogens with one attached hydrogen (secondary N) is 1. The Balaban J connectivity index is 1.36. The van der Waals surface area contributed by atoms with E-state index in [1.807, 2.05) is 54.6 Å². The van der Waals surface area contributed by atoms with Gasteiger partial charge in [0.25, 0.3) is 0 Å². The molecular weight excluding hydrogens is 409 g/mol. The van der Waals surface area contributed by atoms with Crippen LogP contribution in [0.4, 0.5) is 0 Å². The van der Waals surface area contributed by atoms with E-state index in [-0.39, 0.29) is 13.1 Å². The molecule has 3 aromatic carbocycles.